The summed E-state index contributed by atoms with van der Waals surface area (Å²) in [6.45, 7) is 5.31. The van der Waals surface area contributed by atoms with Gasteiger partial charge in [-0.2, -0.15) is 5.10 Å². The molecule has 0 bridgehead atoms. The number of hydrogen-bond donors (Lipinski definition) is 1. The summed E-state index contributed by atoms with van der Waals surface area (Å²) in [5, 5.41) is 8.20. The second kappa shape index (κ2) is 6.02. The lowest BCUT2D eigenvalue weighted by Crippen LogP contribution is -2.24. The molecule has 2 aromatic rings. The summed E-state index contributed by atoms with van der Waals surface area (Å²) in [4.78, 5) is 0. The van der Waals surface area contributed by atoms with Crippen molar-refractivity contribution in [1.29, 1.82) is 0 Å². The molecule has 0 radical (unpaired) electrons. The van der Waals surface area contributed by atoms with E-state index in [4.69, 9.17) is 0 Å². The molecule has 112 valence electrons. The second-order valence-electron chi connectivity index (χ2n) is 5.93. The second-order valence-corrected chi connectivity index (χ2v) is 5.93. The standard InChI is InChI=1S/C18H25N3/c1-4-15-12-16(21(5-2)20-15)11-14-10-13-8-6-7-9-17(13)18(14)19-3/h6-9,12,14,18-19H,4-5,10-11H2,1-3H3. The van der Waals surface area contributed by atoms with Gasteiger partial charge < -0.3 is 5.32 Å². The normalized spacial score (nSPS) is 20.7. The average molecular weight is 283 g/mol. The van der Waals surface area contributed by atoms with Crippen LogP contribution in [0.2, 0.25) is 0 Å². The molecule has 1 aliphatic rings. The summed E-state index contributed by atoms with van der Waals surface area (Å²) in [6.07, 6.45) is 3.28. The fourth-order valence-electron chi connectivity index (χ4n) is 3.65. The Morgan fingerprint density at radius 2 is 2.10 bits per heavy atom. The summed E-state index contributed by atoms with van der Waals surface area (Å²) in [5.74, 6) is 0.624. The van der Waals surface area contributed by atoms with Gasteiger partial charge >= 0.3 is 0 Å². The van der Waals surface area contributed by atoms with Crippen molar-refractivity contribution in [1.82, 2.24) is 15.1 Å². The maximum atomic E-state index is 4.69. The topological polar surface area (TPSA) is 29.9 Å². The van der Waals surface area contributed by atoms with Crippen LogP contribution in [0.4, 0.5) is 0 Å². The Labute approximate surface area is 127 Å². The van der Waals surface area contributed by atoms with Gasteiger partial charge in [-0.05, 0) is 56.3 Å². The van der Waals surface area contributed by atoms with Crippen molar-refractivity contribution < 1.29 is 0 Å². The predicted octanol–water partition coefficient (Wildman–Crippen LogP) is 3.14. The number of hydrogen-bond acceptors (Lipinski definition) is 2. The number of fused-ring (bicyclic) bond motifs is 1. The highest BCUT2D eigenvalue weighted by Gasteiger charge is 2.31. The first-order chi connectivity index (χ1) is 10.3. The van der Waals surface area contributed by atoms with E-state index in [-0.39, 0.29) is 0 Å². The maximum Gasteiger partial charge on any atom is 0.0624 e. The van der Waals surface area contributed by atoms with Crippen molar-refractivity contribution in [2.75, 3.05) is 7.05 Å². The molecule has 2 unspecified atom stereocenters. The van der Waals surface area contributed by atoms with E-state index >= 15 is 0 Å². The van der Waals surface area contributed by atoms with Crippen molar-refractivity contribution in [3.05, 3.63) is 52.8 Å². The van der Waals surface area contributed by atoms with Crippen LogP contribution in [-0.2, 0) is 25.8 Å². The van der Waals surface area contributed by atoms with E-state index < -0.39 is 0 Å². The molecule has 0 amide bonds. The lowest BCUT2D eigenvalue weighted by atomic mass is 9.95. The highest BCUT2D eigenvalue weighted by Crippen LogP contribution is 2.37. The summed E-state index contributed by atoms with van der Waals surface area (Å²) in [6, 6.07) is 11.6. The van der Waals surface area contributed by atoms with Crippen LogP contribution in [0.25, 0.3) is 0 Å². The van der Waals surface area contributed by atoms with E-state index in [0.29, 0.717) is 12.0 Å². The lowest BCUT2D eigenvalue weighted by Gasteiger charge is -2.20. The van der Waals surface area contributed by atoms with Crippen LogP contribution in [0.15, 0.2) is 30.3 Å². The Morgan fingerprint density at radius 3 is 2.81 bits per heavy atom. The SMILES string of the molecule is CCc1cc(CC2Cc3ccccc3C2NC)n(CC)n1. The van der Waals surface area contributed by atoms with Gasteiger partial charge in [0.2, 0.25) is 0 Å². The molecule has 0 saturated heterocycles. The van der Waals surface area contributed by atoms with Crippen molar-refractivity contribution in [2.45, 2.75) is 45.7 Å². The molecule has 1 heterocycles. The van der Waals surface area contributed by atoms with E-state index in [9.17, 15) is 0 Å². The summed E-state index contributed by atoms with van der Waals surface area (Å²) in [5.41, 5.74) is 5.57. The van der Waals surface area contributed by atoms with Gasteiger partial charge in [-0.1, -0.05) is 31.2 Å². The van der Waals surface area contributed by atoms with E-state index in [0.717, 1.165) is 25.8 Å². The van der Waals surface area contributed by atoms with Gasteiger partial charge in [0.15, 0.2) is 0 Å². The zero-order chi connectivity index (χ0) is 14.8. The first-order valence-corrected chi connectivity index (χ1v) is 8.07. The van der Waals surface area contributed by atoms with Gasteiger partial charge in [-0.25, -0.2) is 0 Å². The molecular formula is C18H25N3. The Bertz CT molecular complexity index is 615. The van der Waals surface area contributed by atoms with Gasteiger partial charge in [0.1, 0.15) is 0 Å². The monoisotopic (exact) mass is 283 g/mol. The number of nitrogens with one attached hydrogen (secondary N) is 1. The number of rotatable bonds is 5. The van der Waals surface area contributed by atoms with Crippen molar-refractivity contribution in [3.8, 4) is 0 Å². The van der Waals surface area contributed by atoms with Crippen LogP contribution >= 0.6 is 0 Å². The molecule has 3 rings (SSSR count). The van der Waals surface area contributed by atoms with Crippen LogP contribution in [0, 0.1) is 5.92 Å². The van der Waals surface area contributed by atoms with Crippen molar-refractivity contribution in [2.24, 2.45) is 5.92 Å². The molecular weight excluding hydrogens is 258 g/mol. The van der Waals surface area contributed by atoms with E-state index in [2.05, 4.69) is 66.3 Å². The quantitative estimate of drug-likeness (QED) is 0.913. The Kier molecular flexibility index (Phi) is 4.11. The zero-order valence-electron chi connectivity index (χ0n) is 13.3. The van der Waals surface area contributed by atoms with Gasteiger partial charge in [0.05, 0.1) is 5.69 Å². The number of benzene rings is 1. The first-order valence-electron chi connectivity index (χ1n) is 8.07. The van der Waals surface area contributed by atoms with E-state index in [1.54, 1.807) is 0 Å². The minimum absolute atomic E-state index is 0.464. The van der Waals surface area contributed by atoms with Crippen molar-refractivity contribution in [3.63, 3.8) is 0 Å². The minimum Gasteiger partial charge on any atom is -0.313 e. The van der Waals surface area contributed by atoms with Crippen LogP contribution in [0.5, 0.6) is 0 Å². The van der Waals surface area contributed by atoms with Crippen molar-refractivity contribution >= 4 is 0 Å². The van der Waals surface area contributed by atoms with Gasteiger partial charge in [-0.15, -0.1) is 0 Å². The lowest BCUT2D eigenvalue weighted by molar-refractivity contribution is 0.398. The van der Waals surface area contributed by atoms with E-state index in [1.807, 2.05) is 0 Å². The molecule has 0 spiro atoms. The number of aryl methyl sites for hydroxylation is 2. The van der Waals surface area contributed by atoms with Crippen LogP contribution in [-0.4, -0.2) is 16.8 Å². The molecule has 1 aromatic carbocycles. The smallest absolute Gasteiger partial charge is 0.0624 e. The predicted molar refractivity (Wildman–Crippen MR) is 86.4 cm³/mol. The van der Waals surface area contributed by atoms with Crippen LogP contribution in [0.1, 0.15) is 42.4 Å². The third-order valence-corrected chi connectivity index (χ3v) is 4.70. The zero-order valence-corrected chi connectivity index (χ0v) is 13.3. The molecule has 3 heteroatoms. The fourth-order valence-corrected chi connectivity index (χ4v) is 3.65. The molecule has 2 atom stereocenters. The molecule has 3 nitrogen and oxygen atoms in total. The molecule has 21 heavy (non-hydrogen) atoms. The summed E-state index contributed by atoms with van der Waals surface area (Å²) < 4.78 is 2.18. The van der Waals surface area contributed by atoms with Crippen LogP contribution < -0.4 is 5.32 Å². The molecule has 1 aromatic heterocycles. The summed E-state index contributed by atoms with van der Waals surface area (Å²) >= 11 is 0. The number of aromatic nitrogens is 2. The van der Waals surface area contributed by atoms with Crippen LogP contribution in [0.3, 0.4) is 0 Å². The molecule has 0 aliphatic heterocycles. The third kappa shape index (κ3) is 2.62. The molecule has 0 fully saturated rings. The summed E-state index contributed by atoms with van der Waals surface area (Å²) in [7, 11) is 2.08. The van der Waals surface area contributed by atoms with E-state index in [1.165, 1.54) is 22.5 Å². The Hall–Kier alpha value is -1.61. The Balaban J connectivity index is 1.84. The largest absolute Gasteiger partial charge is 0.313 e. The number of nitrogens with zero attached hydrogens (tertiary/aromatic N) is 2. The maximum absolute atomic E-state index is 4.69. The highest BCUT2D eigenvalue weighted by atomic mass is 15.3. The van der Waals surface area contributed by atoms with Gasteiger partial charge in [-0.3, -0.25) is 4.68 Å². The van der Waals surface area contributed by atoms with Gasteiger partial charge in [0, 0.05) is 18.3 Å². The first kappa shape index (κ1) is 14.3. The molecule has 0 saturated carbocycles. The third-order valence-electron chi connectivity index (χ3n) is 4.70. The molecule has 1 N–H and O–H groups in total. The average Bonchev–Trinajstić information content (AvgIpc) is 3.07. The van der Waals surface area contributed by atoms with Gasteiger partial charge in [0.25, 0.3) is 0 Å². The minimum atomic E-state index is 0.464. The highest BCUT2D eigenvalue weighted by molar-refractivity contribution is 5.36. The fraction of sp³-hybridized carbons (Fsp3) is 0.500. The Morgan fingerprint density at radius 1 is 1.29 bits per heavy atom. The molecule has 1 aliphatic carbocycles.